The molecule has 3 aromatic rings. The lowest BCUT2D eigenvalue weighted by atomic mass is 10.2. The standard InChI is InChI=1S/C20H22ClN5S/c1-16-17(15-23-26(16)20-22-7-13-27-20)4-3-8-24-9-11-25(12-10-24)19-6-2-5-18(21)14-19/h2-7,13-15H,8-12H2,1H3/b4-3+. The first-order valence-corrected chi connectivity index (χ1v) is 10.3. The number of halogens is 1. The van der Waals surface area contributed by atoms with Crippen molar-refractivity contribution < 1.29 is 0 Å². The van der Waals surface area contributed by atoms with Crippen LogP contribution < -0.4 is 4.90 Å². The second-order valence-electron chi connectivity index (χ2n) is 6.58. The van der Waals surface area contributed by atoms with E-state index in [4.69, 9.17) is 11.6 Å². The molecule has 2 aromatic heterocycles. The molecule has 1 aromatic carbocycles. The number of hydrogen-bond acceptors (Lipinski definition) is 5. The van der Waals surface area contributed by atoms with Crippen LogP contribution in [0.5, 0.6) is 0 Å². The molecule has 0 aliphatic carbocycles. The average Bonchev–Trinajstić information content (AvgIpc) is 3.33. The van der Waals surface area contributed by atoms with E-state index < -0.39 is 0 Å². The Morgan fingerprint density at radius 1 is 1.22 bits per heavy atom. The zero-order valence-electron chi connectivity index (χ0n) is 15.3. The van der Waals surface area contributed by atoms with Gasteiger partial charge in [-0.1, -0.05) is 29.8 Å². The van der Waals surface area contributed by atoms with E-state index >= 15 is 0 Å². The maximum atomic E-state index is 6.11. The van der Waals surface area contributed by atoms with Crippen LogP contribution in [-0.2, 0) is 0 Å². The van der Waals surface area contributed by atoms with Gasteiger partial charge in [-0.2, -0.15) is 5.10 Å². The fourth-order valence-electron chi connectivity index (χ4n) is 3.29. The largest absolute Gasteiger partial charge is 0.369 e. The quantitative estimate of drug-likeness (QED) is 0.646. The van der Waals surface area contributed by atoms with Crippen LogP contribution >= 0.6 is 22.9 Å². The van der Waals surface area contributed by atoms with E-state index in [2.05, 4.69) is 45.0 Å². The highest BCUT2D eigenvalue weighted by molar-refractivity contribution is 7.12. The molecule has 4 rings (SSSR count). The molecule has 1 aliphatic heterocycles. The molecule has 1 saturated heterocycles. The number of rotatable bonds is 5. The molecule has 1 aliphatic rings. The minimum atomic E-state index is 0.798. The van der Waals surface area contributed by atoms with Gasteiger partial charge in [0.1, 0.15) is 0 Å². The van der Waals surface area contributed by atoms with E-state index in [0.717, 1.165) is 54.1 Å². The van der Waals surface area contributed by atoms with Crippen molar-refractivity contribution >= 4 is 34.7 Å². The highest BCUT2D eigenvalue weighted by atomic mass is 35.5. The molecule has 1 fully saturated rings. The van der Waals surface area contributed by atoms with E-state index in [-0.39, 0.29) is 0 Å². The van der Waals surface area contributed by atoms with Gasteiger partial charge in [-0.15, -0.1) is 11.3 Å². The average molecular weight is 400 g/mol. The summed E-state index contributed by atoms with van der Waals surface area (Å²) in [5.41, 5.74) is 3.47. The molecule has 140 valence electrons. The molecule has 0 spiro atoms. The van der Waals surface area contributed by atoms with Gasteiger partial charge < -0.3 is 4.90 Å². The molecule has 0 saturated carbocycles. The molecule has 0 amide bonds. The third kappa shape index (κ3) is 4.24. The second-order valence-corrected chi connectivity index (χ2v) is 7.89. The zero-order valence-corrected chi connectivity index (χ0v) is 16.8. The number of aromatic nitrogens is 3. The summed E-state index contributed by atoms with van der Waals surface area (Å²) in [6, 6.07) is 8.11. The van der Waals surface area contributed by atoms with Crippen LogP contribution in [0.4, 0.5) is 5.69 Å². The van der Waals surface area contributed by atoms with Crippen molar-refractivity contribution in [3.05, 3.63) is 64.4 Å². The van der Waals surface area contributed by atoms with Crippen molar-refractivity contribution in [1.29, 1.82) is 0 Å². The van der Waals surface area contributed by atoms with Crippen molar-refractivity contribution in [3.63, 3.8) is 0 Å². The number of hydrogen-bond donors (Lipinski definition) is 0. The van der Waals surface area contributed by atoms with E-state index in [0.29, 0.717) is 0 Å². The van der Waals surface area contributed by atoms with Gasteiger partial charge in [-0.3, -0.25) is 4.90 Å². The maximum Gasteiger partial charge on any atom is 0.210 e. The Balaban J connectivity index is 1.31. The number of thiazole rings is 1. The minimum absolute atomic E-state index is 0.798. The molecular formula is C20H22ClN5S. The van der Waals surface area contributed by atoms with Crippen LogP contribution in [0.25, 0.3) is 11.2 Å². The van der Waals surface area contributed by atoms with Gasteiger partial charge in [0.05, 0.1) is 11.9 Å². The summed E-state index contributed by atoms with van der Waals surface area (Å²) in [6.07, 6.45) is 8.10. The summed E-state index contributed by atoms with van der Waals surface area (Å²) >= 11 is 7.70. The lowest BCUT2D eigenvalue weighted by Gasteiger charge is -2.35. The Labute approximate surface area is 168 Å². The van der Waals surface area contributed by atoms with Gasteiger partial charge in [0, 0.05) is 60.6 Å². The summed E-state index contributed by atoms with van der Waals surface area (Å²) < 4.78 is 1.90. The van der Waals surface area contributed by atoms with Crippen LogP contribution in [-0.4, -0.2) is 52.4 Å². The predicted octanol–water partition coefficient (Wildman–Crippen LogP) is 4.13. The highest BCUT2D eigenvalue weighted by Gasteiger charge is 2.16. The monoisotopic (exact) mass is 399 g/mol. The Morgan fingerprint density at radius 2 is 2.07 bits per heavy atom. The Bertz CT molecular complexity index is 910. The van der Waals surface area contributed by atoms with Crippen LogP contribution in [0.2, 0.25) is 5.02 Å². The molecule has 0 bridgehead atoms. The fourth-order valence-corrected chi connectivity index (χ4v) is 4.12. The number of benzene rings is 1. The zero-order chi connectivity index (χ0) is 18.6. The van der Waals surface area contributed by atoms with Crippen LogP contribution in [0.1, 0.15) is 11.3 Å². The van der Waals surface area contributed by atoms with Crippen molar-refractivity contribution in [3.8, 4) is 5.13 Å². The Morgan fingerprint density at radius 3 is 2.81 bits per heavy atom. The molecule has 0 N–H and O–H groups in total. The second kappa shape index (κ2) is 8.25. The molecule has 0 unspecified atom stereocenters. The van der Waals surface area contributed by atoms with Gasteiger partial charge >= 0.3 is 0 Å². The van der Waals surface area contributed by atoms with Gasteiger partial charge in [0.2, 0.25) is 5.13 Å². The Hall–Kier alpha value is -2.15. The van der Waals surface area contributed by atoms with Crippen molar-refractivity contribution in [2.75, 3.05) is 37.6 Å². The summed E-state index contributed by atoms with van der Waals surface area (Å²) in [6.45, 7) is 7.18. The van der Waals surface area contributed by atoms with Crippen LogP contribution in [0, 0.1) is 6.92 Å². The third-order valence-electron chi connectivity index (χ3n) is 4.85. The van der Waals surface area contributed by atoms with E-state index in [1.807, 2.05) is 34.5 Å². The molecular weight excluding hydrogens is 378 g/mol. The summed E-state index contributed by atoms with van der Waals surface area (Å²) in [7, 11) is 0. The lowest BCUT2D eigenvalue weighted by Crippen LogP contribution is -2.46. The summed E-state index contributed by atoms with van der Waals surface area (Å²) in [5.74, 6) is 0. The van der Waals surface area contributed by atoms with E-state index in [9.17, 15) is 0 Å². The number of piperazine rings is 1. The molecule has 7 heteroatoms. The van der Waals surface area contributed by atoms with Crippen molar-refractivity contribution in [2.45, 2.75) is 6.92 Å². The van der Waals surface area contributed by atoms with Crippen molar-refractivity contribution in [1.82, 2.24) is 19.7 Å². The van der Waals surface area contributed by atoms with E-state index in [1.54, 1.807) is 17.5 Å². The van der Waals surface area contributed by atoms with Gasteiger partial charge in [-0.05, 0) is 25.1 Å². The van der Waals surface area contributed by atoms with Gasteiger partial charge in [-0.25, -0.2) is 9.67 Å². The van der Waals surface area contributed by atoms with Gasteiger partial charge in [0.15, 0.2) is 0 Å². The smallest absolute Gasteiger partial charge is 0.210 e. The van der Waals surface area contributed by atoms with Crippen LogP contribution in [0.15, 0.2) is 48.1 Å². The molecule has 5 nitrogen and oxygen atoms in total. The Kier molecular flexibility index (Phi) is 5.57. The topological polar surface area (TPSA) is 37.2 Å². The molecule has 0 atom stereocenters. The summed E-state index contributed by atoms with van der Waals surface area (Å²) in [5, 5.41) is 8.13. The predicted molar refractivity (Wildman–Crippen MR) is 113 cm³/mol. The summed E-state index contributed by atoms with van der Waals surface area (Å²) in [4.78, 5) is 9.19. The van der Waals surface area contributed by atoms with Crippen molar-refractivity contribution in [2.24, 2.45) is 0 Å². The minimum Gasteiger partial charge on any atom is -0.369 e. The first kappa shape index (κ1) is 18.2. The number of anilines is 1. The molecule has 27 heavy (non-hydrogen) atoms. The fraction of sp³-hybridized carbons (Fsp3) is 0.300. The van der Waals surface area contributed by atoms with Crippen LogP contribution in [0.3, 0.4) is 0 Å². The molecule has 3 heterocycles. The first-order chi connectivity index (χ1) is 13.2. The molecule has 0 radical (unpaired) electrons. The third-order valence-corrected chi connectivity index (χ3v) is 5.84. The maximum absolute atomic E-state index is 6.11. The number of nitrogens with zero attached hydrogens (tertiary/aromatic N) is 5. The normalized spacial score (nSPS) is 15.7. The van der Waals surface area contributed by atoms with E-state index in [1.165, 1.54) is 5.69 Å². The van der Waals surface area contributed by atoms with Gasteiger partial charge in [0.25, 0.3) is 0 Å². The SMILES string of the molecule is Cc1c(/C=C/CN2CCN(c3cccc(Cl)c3)CC2)cnn1-c1nccs1. The lowest BCUT2D eigenvalue weighted by molar-refractivity contribution is 0.284. The highest BCUT2D eigenvalue weighted by Crippen LogP contribution is 2.21. The first-order valence-electron chi connectivity index (χ1n) is 9.04.